The van der Waals surface area contributed by atoms with Crippen molar-refractivity contribution >= 4 is 11.7 Å². The Hall–Kier alpha value is -1.82. The van der Waals surface area contributed by atoms with E-state index >= 15 is 0 Å². The average molecular weight is 210 g/mol. The number of aliphatic hydroxyl groups is 1. The summed E-state index contributed by atoms with van der Waals surface area (Å²) in [6.45, 7) is 2.10. The Labute approximate surface area is 87.4 Å². The lowest BCUT2D eigenvalue weighted by Crippen LogP contribution is -2.17. The molecular weight excluding hydrogens is 196 g/mol. The number of pyridine rings is 1. The lowest BCUT2D eigenvalue weighted by Gasteiger charge is -2.07. The fraction of sp³-hybridized carbons (Fsp3) is 0.333. The van der Waals surface area contributed by atoms with Gasteiger partial charge in [-0.2, -0.15) is 0 Å². The van der Waals surface area contributed by atoms with Crippen LogP contribution in [-0.2, 0) is 0 Å². The standard InChI is InChI=1S/C9H14N4O2/c1-6(14)4-11-8-3-2-7(5-12-8)9(10)13-15/h2-3,5-6,14-15H,4H2,1H3,(H2,10,13)(H,11,12). The molecule has 6 nitrogen and oxygen atoms in total. The first-order valence-electron chi connectivity index (χ1n) is 4.49. The largest absolute Gasteiger partial charge is 0.409 e. The molecule has 5 N–H and O–H groups in total. The molecule has 0 aliphatic rings. The van der Waals surface area contributed by atoms with E-state index in [-0.39, 0.29) is 5.84 Å². The van der Waals surface area contributed by atoms with E-state index in [0.29, 0.717) is 17.9 Å². The monoisotopic (exact) mass is 210 g/mol. The van der Waals surface area contributed by atoms with Gasteiger partial charge in [0.05, 0.1) is 6.10 Å². The van der Waals surface area contributed by atoms with Crippen LogP contribution in [0.3, 0.4) is 0 Å². The molecule has 0 aliphatic heterocycles. The predicted octanol–water partition coefficient (Wildman–Crippen LogP) is -0.0312. The minimum Gasteiger partial charge on any atom is -0.409 e. The summed E-state index contributed by atoms with van der Waals surface area (Å²) >= 11 is 0. The van der Waals surface area contributed by atoms with Gasteiger partial charge in [0.1, 0.15) is 5.82 Å². The fourth-order valence-electron chi connectivity index (χ4n) is 0.960. The zero-order valence-electron chi connectivity index (χ0n) is 8.38. The Balaban J connectivity index is 2.64. The SMILES string of the molecule is CC(O)CNc1ccc(/C(N)=N/O)cn1. The van der Waals surface area contributed by atoms with Crippen molar-refractivity contribution in [3.8, 4) is 0 Å². The summed E-state index contributed by atoms with van der Waals surface area (Å²) in [5, 5.41) is 23.2. The summed E-state index contributed by atoms with van der Waals surface area (Å²) in [6, 6.07) is 3.36. The van der Waals surface area contributed by atoms with E-state index in [1.807, 2.05) is 0 Å². The molecule has 0 saturated carbocycles. The third kappa shape index (κ3) is 3.43. The minimum absolute atomic E-state index is 0.0181. The molecule has 0 aromatic carbocycles. The molecule has 0 aliphatic carbocycles. The van der Waals surface area contributed by atoms with Gasteiger partial charge in [0, 0.05) is 18.3 Å². The normalized spacial score (nSPS) is 13.6. The highest BCUT2D eigenvalue weighted by molar-refractivity contribution is 5.96. The third-order valence-electron chi connectivity index (χ3n) is 1.75. The molecule has 0 bridgehead atoms. The van der Waals surface area contributed by atoms with Gasteiger partial charge >= 0.3 is 0 Å². The first-order valence-corrected chi connectivity index (χ1v) is 4.49. The molecule has 0 amide bonds. The molecule has 82 valence electrons. The molecule has 1 aromatic heterocycles. The van der Waals surface area contributed by atoms with Crippen molar-refractivity contribution in [3.63, 3.8) is 0 Å². The van der Waals surface area contributed by atoms with Gasteiger partial charge < -0.3 is 21.4 Å². The number of amidine groups is 1. The molecule has 0 saturated heterocycles. The molecule has 1 rings (SSSR count). The van der Waals surface area contributed by atoms with Crippen LogP contribution in [0.5, 0.6) is 0 Å². The highest BCUT2D eigenvalue weighted by atomic mass is 16.4. The zero-order chi connectivity index (χ0) is 11.3. The van der Waals surface area contributed by atoms with Gasteiger partial charge in [-0.1, -0.05) is 5.16 Å². The Bertz CT molecular complexity index is 334. The van der Waals surface area contributed by atoms with Crippen LogP contribution in [0.1, 0.15) is 12.5 Å². The summed E-state index contributed by atoms with van der Waals surface area (Å²) in [6.07, 6.45) is 1.05. The Morgan fingerprint density at radius 1 is 1.67 bits per heavy atom. The van der Waals surface area contributed by atoms with E-state index in [9.17, 15) is 0 Å². The third-order valence-corrected chi connectivity index (χ3v) is 1.75. The number of aromatic nitrogens is 1. The number of hydrogen-bond donors (Lipinski definition) is 4. The van der Waals surface area contributed by atoms with Crippen LogP contribution in [0.2, 0.25) is 0 Å². The summed E-state index contributed by atoms with van der Waals surface area (Å²) in [5.74, 6) is 0.648. The molecule has 0 spiro atoms. The van der Waals surface area contributed by atoms with Crippen molar-refractivity contribution in [1.82, 2.24) is 4.98 Å². The number of nitrogens with one attached hydrogen (secondary N) is 1. The van der Waals surface area contributed by atoms with Crippen LogP contribution >= 0.6 is 0 Å². The molecule has 1 atom stereocenters. The second kappa shape index (κ2) is 5.16. The first kappa shape index (κ1) is 11.3. The second-order valence-corrected chi connectivity index (χ2v) is 3.15. The highest BCUT2D eigenvalue weighted by Gasteiger charge is 2.00. The topological polar surface area (TPSA) is 104 Å². The Morgan fingerprint density at radius 3 is 2.87 bits per heavy atom. The van der Waals surface area contributed by atoms with Crippen LogP contribution in [0.15, 0.2) is 23.5 Å². The summed E-state index contributed by atoms with van der Waals surface area (Å²) in [7, 11) is 0. The number of rotatable bonds is 4. The lowest BCUT2D eigenvalue weighted by molar-refractivity contribution is 0.208. The highest BCUT2D eigenvalue weighted by Crippen LogP contribution is 2.04. The summed E-state index contributed by atoms with van der Waals surface area (Å²) < 4.78 is 0. The smallest absolute Gasteiger partial charge is 0.171 e. The maximum Gasteiger partial charge on any atom is 0.171 e. The number of oxime groups is 1. The van der Waals surface area contributed by atoms with Crippen LogP contribution in [-0.4, -0.2) is 33.8 Å². The van der Waals surface area contributed by atoms with Crippen molar-refractivity contribution in [2.45, 2.75) is 13.0 Å². The van der Waals surface area contributed by atoms with Gasteiger partial charge in [-0.3, -0.25) is 0 Å². The van der Waals surface area contributed by atoms with Gasteiger partial charge in [-0.15, -0.1) is 0 Å². The Kier molecular flexibility index (Phi) is 3.87. The van der Waals surface area contributed by atoms with Gasteiger partial charge in [0.15, 0.2) is 5.84 Å². The quantitative estimate of drug-likeness (QED) is 0.242. The summed E-state index contributed by atoms with van der Waals surface area (Å²) in [5.41, 5.74) is 5.91. The fourth-order valence-corrected chi connectivity index (χ4v) is 0.960. The van der Waals surface area contributed by atoms with Crippen molar-refractivity contribution < 1.29 is 10.3 Å². The summed E-state index contributed by atoms with van der Waals surface area (Å²) in [4.78, 5) is 4.03. The molecular formula is C9H14N4O2. The van der Waals surface area contributed by atoms with Gasteiger partial charge in [0.2, 0.25) is 0 Å². The zero-order valence-corrected chi connectivity index (χ0v) is 8.38. The molecule has 1 heterocycles. The first-order chi connectivity index (χ1) is 7.13. The van der Waals surface area contributed by atoms with Crippen molar-refractivity contribution in [3.05, 3.63) is 23.9 Å². The number of anilines is 1. The van der Waals surface area contributed by atoms with Crippen LogP contribution in [0, 0.1) is 0 Å². The number of aliphatic hydroxyl groups excluding tert-OH is 1. The van der Waals surface area contributed by atoms with E-state index in [1.54, 1.807) is 19.1 Å². The van der Waals surface area contributed by atoms with E-state index in [2.05, 4.69) is 15.5 Å². The molecule has 15 heavy (non-hydrogen) atoms. The molecule has 6 heteroatoms. The van der Waals surface area contributed by atoms with E-state index < -0.39 is 6.10 Å². The van der Waals surface area contributed by atoms with Gasteiger partial charge in [-0.25, -0.2) is 4.98 Å². The maximum atomic E-state index is 9.03. The number of hydrogen-bond acceptors (Lipinski definition) is 5. The average Bonchev–Trinajstić information content (AvgIpc) is 2.26. The van der Waals surface area contributed by atoms with Gasteiger partial charge in [0.25, 0.3) is 0 Å². The van der Waals surface area contributed by atoms with E-state index in [0.717, 1.165) is 0 Å². The second-order valence-electron chi connectivity index (χ2n) is 3.15. The number of nitrogens with zero attached hydrogens (tertiary/aromatic N) is 2. The molecule has 0 radical (unpaired) electrons. The van der Waals surface area contributed by atoms with Crippen LogP contribution in [0.4, 0.5) is 5.82 Å². The van der Waals surface area contributed by atoms with Gasteiger partial charge in [-0.05, 0) is 19.1 Å². The van der Waals surface area contributed by atoms with Crippen molar-refractivity contribution in [2.24, 2.45) is 10.9 Å². The lowest BCUT2D eigenvalue weighted by atomic mass is 10.2. The molecule has 1 aromatic rings. The maximum absolute atomic E-state index is 9.03. The predicted molar refractivity (Wildman–Crippen MR) is 56.9 cm³/mol. The van der Waals surface area contributed by atoms with Crippen molar-refractivity contribution in [2.75, 3.05) is 11.9 Å². The van der Waals surface area contributed by atoms with E-state index in [4.69, 9.17) is 16.0 Å². The Morgan fingerprint density at radius 2 is 2.40 bits per heavy atom. The van der Waals surface area contributed by atoms with Crippen LogP contribution in [0.25, 0.3) is 0 Å². The minimum atomic E-state index is -0.435. The van der Waals surface area contributed by atoms with Crippen molar-refractivity contribution in [1.29, 1.82) is 0 Å². The molecule has 1 unspecified atom stereocenters. The molecule has 0 fully saturated rings. The van der Waals surface area contributed by atoms with E-state index in [1.165, 1.54) is 6.20 Å². The number of nitrogens with two attached hydrogens (primary N) is 1. The van der Waals surface area contributed by atoms with Crippen LogP contribution < -0.4 is 11.1 Å².